The lowest BCUT2D eigenvalue weighted by atomic mass is 10.0. The van der Waals surface area contributed by atoms with Crippen molar-refractivity contribution in [2.75, 3.05) is 0 Å². The Balaban J connectivity index is 1.95. The number of rotatable bonds is 5. The zero-order valence-electron chi connectivity index (χ0n) is 9.35. The van der Waals surface area contributed by atoms with Crippen molar-refractivity contribution in [3.63, 3.8) is 0 Å². The topological polar surface area (TPSA) is 33.4 Å². The normalized spacial score (nSPS) is 12.9. The minimum Gasteiger partial charge on any atom is -0.469 e. The molecule has 86 valence electrons. The van der Waals surface area contributed by atoms with Gasteiger partial charge >= 0.3 is 0 Å². The smallest absolute Gasteiger partial charge is 0.109 e. The van der Waals surface area contributed by atoms with Crippen molar-refractivity contribution in [1.82, 2.24) is 0 Å². The van der Waals surface area contributed by atoms with Gasteiger partial charge in [-0.25, -0.2) is 0 Å². The maximum absolute atomic E-state index is 10.1. The highest BCUT2D eigenvalue weighted by Gasteiger charge is 2.14. The summed E-state index contributed by atoms with van der Waals surface area (Å²) in [6.07, 6.45) is 3.76. The summed E-state index contributed by atoms with van der Waals surface area (Å²) in [5, 5.41) is 12.1. The van der Waals surface area contributed by atoms with Gasteiger partial charge < -0.3 is 9.52 Å². The Morgan fingerprint density at radius 1 is 1.44 bits per heavy atom. The molecule has 0 aliphatic carbocycles. The number of aliphatic hydroxyl groups excluding tert-OH is 1. The molecule has 2 nitrogen and oxygen atoms in total. The number of hydrogen-bond donors (Lipinski definition) is 1. The molecule has 1 N–H and O–H groups in total. The molecule has 0 aliphatic rings. The number of hydrogen-bond acceptors (Lipinski definition) is 3. The molecule has 2 aromatic rings. The summed E-state index contributed by atoms with van der Waals surface area (Å²) < 4.78 is 5.31. The lowest BCUT2D eigenvalue weighted by molar-refractivity contribution is 0.165. The molecule has 0 amide bonds. The molecule has 2 aromatic heterocycles. The molecule has 2 heterocycles. The van der Waals surface area contributed by atoms with Gasteiger partial charge in [0.15, 0.2) is 0 Å². The van der Waals surface area contributed by atoms with Crippen LogP contribution in [0.1, 0.15) is 35.6 Å². The van der Waals surface area contributed by atoms with Crippen molar-refractivity contribution < 1.29 is 9.52 Å². The fraction of sp³-hybridized carbons (Fsp3) is 0.385. The van der Waals surface area contributed by atoms with Gasteiger partial charge in [0.25, 0.3) is 0 Å². The molecular formula is C13H16O2S. The SMILES string of the molecule is CCc1occc1C(O)CCc1cccs1. The quantitative estimate of drug-likeness (QED) is 0.861. The predicted octanol–water partition coefficient (Wildman–Crippen LogP) is 3.57. The van der Waals surface area contributed by atoms with E-state index in [1.54, 1.807) is 17.6 Å². The van der Waals surface area contributed by atoms with Gasteiger partial charge in [0, 0.05) is 16.9 Å². The fourth-order valence-electron chi connectivity index (χ4n) is 1.82. The van der Waals surface area contributed by atoms with Gasteiger partial charge in [-0.05, 0) is 30.4 Å². The Morgan fingerprint density at radius 3 is 3.00 bits per heavy atom. The van der Waals surface area contributed by atoms with E-state index in [4.69, 9.17) is 4.42 Å². The van der Waals surface area contributed by atoms with Gasteiger partial charge in [-0.1, -0.05) is 13.0 Å². The monoisotopic (exact) mass is 236 g/mol. The molecule has 0 saturated carbocycles. The van der Waals surface area contributed by atoms with E-state index in [1.165, 1.54) is 4.88 Å². The zero-order chi connectivity index (χ0) is 11.4. The first-order chi connectivity index (χ1) is 7.81. The maximum Gasteiger partial charge on any atom is 0.109 e. The molecule has 0 radical (unpaired) electrons. The lowest BCUT2D eigenvalue weighted by Crippen LogP contribution is -2.00. The molecule has 0 aromatic carbocycles. The van der Waals surface area contributed by atoms with E-state index >= 15 is 0 Å². The standard InChI is InChI=1S/C13H16O2S/c1-2-13-11(7-8-15-13)12(14)6-5-10-4-3-9-16-10/h3-4,7-9,12,14H,2,5-6H2,1H3. The highest BCUT2D eigenvalue weighted by molar-refractivity contribution is 7.09. The van der Waals surface area contributed by atoms with E-state index in [2.05, 4.69) is 11.4 Å². The van der Waals surface area contributed by atoms with Crippen LogP contribution >= 0.6 is 11.3 Å². The van der Waals surface area contributed by atoms with Gasteiger partial charge in [-0.15, -0.1) is 11.3 Å². The van der Waals surface area contributed by atoms with Crippen LogP contribution in [0.3, 0.4) is 0 Å². The average molecular weight is 236 g/mol. The molecule has 16 heavy (non-hydrogen) atoms. The zero-order valence-corrected chi connectivity index (χ0v) is 10.2. The maximum atomic E-state index is 10.1. The van der Waals surface area contributed by atoms with Crippen LogP contribution in [0.5, 0.6) is 0 Å². The van der Waals surface area contributed by atoms with Crippen LogP contribution in [0.2, 0.25) is 0 Å². The molecule has 0 aliphatic heterocycles. The van der Waals surface area contributed by atoms with Gasteiger partial charge in [0.2, 0.25) is 0 Å². The molecule has 0 fully saturated rings. The van der Waals surface area contributed by atoms with Gasteiger partial charge in [-0.2, -0.15) is 0 Å². The third-order valence-corrected chi connectivity index (χ3v) is 3.64. The molecule has 1 unspecified atom stereocenters. The summed E-state index contributed by atoms with van der Waals surface area (Å²) >= 11 is 1.74. The molecule has 0 spiro atoms. The highest BCUT2D eigenvalue weighted by atomic mass is 32.1. The summed E-state index contributed by atoms with van der Waals surface area (Å²) in [4.78, 5) is 1.32. The number of aryl methyl sites for hydroxylation is 2. The minimum absolute atomic E-state index is 0.407. The molecular weight excluding hydrogens is 220 g/mol. The Hall–Kier alpha value is -1.06. The molecule has 2 rings (SSSR count). The van der Waals surface area contributed by atoms with E-state index in [0.29, 0.717) is 0 Å². The van der Waals surface area contributed by atoms with Crippen LogP contribution in [0.25, 0.3) is 0 Å². The van der Waals surface area contributed by atoms with Crippen LogP contribution in [-0.4, -0.2) is 5.11 Å². The molecule has 1 atom stereocenters. The first-order valence-electron chi connectivity index (χ1n) is 5.58. The second kappa shape index (κ2) is 5.32. The lowest BCUT2D eigenvalue weighted by Gasteiger charge is -2.09. The van der Waals surface area contributed by atoms with Crippen molar-refractivity contribution in [1.29, 1.82) is 0 Å². The predicted molar refractivity (Wildman–Crippen MR) is 65.7 cm³/mol. The van der Waals surface area contributed by atoms with Crippen molar-refractivity contribution in [3.05, 3.63) is 46.0 Å². The Labute approximate surface area is 99.5 Å². The Morgan fingerprint density at radius 2 is 2.31 bits per heavy atom. The van der Waals surface area contributed by atoms with Gasteiger partial charge in [-0.3, -0.25) is 0 Å². The third kappa shape index (κ3) is 2.54. The van der Waals surface area contributed by atoms with Crippen molar-refractivity contribution >= 4 is 11.3 Å². The van der Waals surface area contributed by atoms with E-state index in [1.807, 2.05) is 19.1 Å². The van der Waals surface area contributed by atoms with E-state index in [-0.39, 0.29) is 0 Å². The highest BCUT2D eigenvalue weighted by Crippen LogP contribution is 2.25. The van der Waals surface area contributed by atoms with Crippen LogP contribution in [0, 0.1) is 0 Å². The molecule has 0 bridgehead atoms. The van der Waals surface area contributed by atoms with E-state index < -0.39 is 6.10 Å². The summed E-state index contributed by atoms with van der Waals surface area (Å²) in [5.41, 5.74) is 0.944. The molecule has 3 heteroatoms. The van der Waals surface area contributed by atoms with E-state index in [0.717, 1.165) is 30.6 Å². The average Bonchev–Trinajstić information content (AvgIpc) is 2.96. The van der Waals surface area contributed by atoms with Crippen LogP contribution in [0.4, 0.5) is 0 Å². The minimum atomic E-state index is -0.407. The third-order valence-electron chi connectivity index (χ3n) is 2.70. The summed E-state index contributed by atoms with van der Waals surface area (Å²) in [6, 6.07) is 6.02. The van der Waals surface area contributed by atoms with Crippen molar-refractivity contribution in [2.24, 2.45) is 0 Å². The van der Waals surface area contributed by atoms with Crippen molar-refractivity contribution in [2.45, 2.75) is 32.3 Å². The molecule has 0 saturated heterocycles. The first-order valence-corrected chi connectivity index (χ1v) is 6.46. The number of furan rings is 1. The summed E-state index contributed by atoms with van der Waals surface area (Å²) in [5.74, 6) is 0.902. The van der Waals surface area contributed by atoms with Gasteiger partial charge in [0.1, 0.15) is 5.76 Å². The Kier molecular flexibility index (Phi) is 3.80. The fourth-order valence-corrected chi connectivity index (χ4v) is 2.55. The number of thiophene rings is 1. The van der Waals surface area contributed by atoms with Crippen LogP contribution in [-0.2, 0) is 12.8 Å². The second-order valence-electron chi connectivity index (χ2n) is 3.79. The van der Waals surface area contributed by atoms with Crippen LogP contribution < -0.4 is 0 Å². The van der Waals surface area contributed by atoms with Gasteiger partial charge in [0.05, 0.1) is 12.4 Å². The second-order valence-corrected chi connectivity index (χ2v) is 4.82. The van der Waals surface area contributed by atoms with E-state index in [9.17, 15) is 5.11 Å². The Bertz CT molecular complexity index is 417. The summed E-state index contributed by atoms with van der Waals surface area (Å²) in [6.45, 7) is 2.04. The largest absolute Gasteiger partial charge is 0.469 e. The van der Waals surface area contributed by atoms with Crippen LogP contribution in [0.15, 0.2) is 34.3 Å². The first kappa shape index (κ1) is 11.4. The summed E-state index contributed by atoms with van der Waals surface area (Å²) in [7, 11) is 0. The number of aliphatic hydroxyl groups is 1. The van der Waals surface area contributed by atoms with Crippen molar-refractivity contribution in [3.8, 4) is 0 Å².